The van der Waals surface area contributed by atoms with Crippen molar-refractivity contribution in [3.8, 4) is 0 Å². The Bertz CT molecular complexity index is 1060. The third-order valence-corrected chi connectivity index (χ3v) is 7.53. The van der Waals surface area contributed by atoms with E-state index in [1.165, 1.54) is 0 Å². The molecule has 0 radical (unpaired) electrons. The summed E-state index contributed by atoms with van der Waals surface area (Å²) in [6.07, 6.45) is -6.23. The number of hydrogen-bond donors (Lipinski definition) is 0. The lowest BCUT2D eigenvalue weighted by molar-refractivity contribution is -0.460. The molecule has 0 aromatic heterocycles. The minimum absolute atomic E-state index is 0.157. The molecule has 0 unspecified atom stereocenters. The first kappa shape index (κ1) is 43.8. The highest BCUT2D eigenvalue weighted by molar-refractivity contribution is 5.88. The Kier molecular flexibility index (Phi) is 14.4. The van der Waals surface area contributed by atoms with Crippen molar-refractivity contribution in [3.63, 3.8) is 0 Å². The summed E-state index contributed by atoms with van der Waals surface area (Å²) in [6, 6.07) is 0. The quantitative estimate of drug-likeness (QED) is 0.0752. The number of rotatable bonds is 19. The standard InChI is InChI=1S/C27H35F17N2O2/c1-3-5-7-9-11-45(12-10-8-6-4-2)18(17-19(47)46-13-15-48-16-14-46)20(28,29)21(30,31)22(32,33)23(34,35)24(36,37)25(38,39)26(40,41)27(42,43)44/h17H,3-16H2,1-2H3/b18-17+. The number of nitrogens with zero attached hydrogens (tertiary/aromatic N) is 2. The summed E-state index contributed by atoms with van der Waals surface area (Å²) in [6.45, 7) is 0.721. The van der Waals surface area contributed by atoms with Crippen LogP contribution in [-0.4, -0.2) is 103 Å². The molecule has 1 aliphatic rings. The number of hydrogen-bond acceptors (Lipinski definition) is 3. The number of morpholine rings is 1. The van der Waals surface area contributed by atoms with Gasteiger partial charge in [-0.05, 0) is 12.8 Å². The van der Waals surface area contributed by atoms with Gasteiger partial charge in [0.1, 0.15) is 0 Å². The van der Waals surface area contributed by atoms with Crippen molar-refractivity contribution in [1.29, 1.82) is 0 Å². The van der Waals surface area contributed by atoms with Crippen LogP contribution in [0.1, 0.15) is 65.2 Å². The second kappa shape index (κ2) is 15.8. The average molecular weight is 743 g/mol. The number of ether oxygens (including phenoxy) is 1. The maximum atomic E-state index is 15.7. The van der Waals surface area contributed by atoms with E-state index in [2.05, 4.69) is 0 Å². The Hall–Kier alpha value is -2.22. The van der Waals surface area contributed by atoms with Crippen LogP contribution in [0.3, 0.4) is 0 Å². The van der Waals surface area contributed by atoms with Gasteiger partial charge in [0.2, 0.25) is 5.91 Å². The summed E-state index contributed by atoms with van der Waals surface area (Å²) in [5.41, 5.74) is -2.43. The molecule has 1 fully saturated rings. The lowest BCUT2D eigenvalue weighted by Gasteiger charge is -2.44. The van der Waals surface area contributed by atoms with E-state index in [1.807, 2.05) is 0 Å². The van der Waals surface area contributed by atoms with Crippen LogP contribution in [0.2, 0.25) is 0 Å². The van der Waals surface area contributed by atoms with E-state index in [-0.39, 0.29) is 63.0 Å². The van der Waals surface area contributed by atoms with Gasteiger partial charge >= 0.3 is 47.6 Å². The molecule has 0 aromatic rings. The molecule has 284 valence electrons. The summed E-state index contributed by atoms with van der Waals surface area (Å²) in [5.74, 6) is -59.1. The molecule has 1 aliphatic heterocycles. The van der Waals surface area contributed by atoms with Crippen LogP contribution in [-0.2, 0) is 9.53 Å². The first-order valence-corrected chi connectivity index (χ1v) is 14.7. The highest BCUT2D eigenvalue weighted by Crippen LogP contribution is 2.64. The fourth-order valence-corrected chi connectivity index (χ4v) is 4.51. The highest BCUT2D eigenvalue weighted by atomic mass is 19.4. The first-order valence-electron chi connectivity index (χ1n) is 14.7. The molecule has 0 saturated carbocycles. The monoisotopic (exact) mass is 742 g/mol. The molecule has 1 heterocycles. The predicted octanol–water partition coefficient (Wildman–Crippen LogP) is 9.20. The molecule has 0 spiro atoms. The number of carbonyl (C=O) groups is 1. The molecule has 4 nitrogen and oxygen atoms in total. The van der Waals surface area contributed by atoms with Gasteiger partial charge in [-0.2, -0.15) is 74.6 Å². The third-order valence-electron chi connectivity index (χ3n) is 7.53. The van der Waals surface area contributed by atoms with Gasteiger partial charge in [0.25, 0.3) is 0 Å². The summed E-state index contributed by atoms with van der Waals surface area (Å²) in [5, 5.41) is 0. The van der Waals surface area contributed by atoms with E-state index in [0.29, 0.717) is 30.6 Å². The number of unbranched alkanes of at least 4 members (excludes halogenated alkanes) is 6. The smallest absolute Gasteiger partial charge is 0.378 e. The minimum Gasteiger partial charge on any atom is -0.378 e. The summed E-state index contributed by atoms with van der Waals surface area (Å²) in [4.78, 5) is 13.7. The summed E-state index contributed by atoms with van der Waals surface area (Å²) < 4.78 is 244. The van der Waals surface area contributed by atoms with Crippen LogP contribution >= 0.6 is 0 Å². The lowest BCUT2D eigenvalue weighted by atomic mass is 9.88. The van der Waals surface area contributed by atoms with Gasteiger partial charge in [0.05, 0.1) is 18.9 Å². The zero-order valence-electron chi connectivity index (χ0n) is 25.6. The van der Waals surface area contributed by atoms with Crippen molar-refractivity contribution >= 4 is 5.91 Å². The van der Waals surface area contributed by atoms with Crippen molar-refractivity contribution in [1.82, 2.24) is 9.80 Å². The van der Waals surface area contributed by atoms with Crippen molar-refractivity contribution < 1.29 is 84.2 Å². The van der Waals surface area contributed by atoms with Gasteiger partial charge in [0, 0.05) is 32.3 Å². The Balaban J connectivity index is 3.91. The summed E-state index contributed by atoms with van der Waals surface area (Å²) in [7, 11) is 0. The minimum atomic E-state index is -8.73. The van der Waals surface area contributed by atoms with Crippen LogP contribution in [0.15, 0.2) is 11.8 Å². The van der Waals surface area contributed by atoms with Crippen molar-refractivity contribution in [2.45, 2.75) is 113 Å². The highest BCUT2D eigenvalue weighted by Gasteiger charge is 2.95. The van der Waals surface area contributed by atoms with Crippen LogP contribution in [0.4, 0.5) is 74.6 Å². The molecule has 0 aromatic carbocycles. The van der Waals surface area contributed by atoms with Gasteiger partial charge in [-0.1, -0.05) is 52.4 Å². The molecule has 48 heavy (non-hydrogen) atoms. The molecule has 0 N–H and O–H groups in total. The van der Waals surface area contributed by atoms with Gasteiger partial charge in [0.15, 0.2) is 0 Å². The van der Waals surface area contributed by atoms with Crippen LogP contribution in [0.25, 0.3) is 0 Å². The Morgan fingerprint density at radius 2 is 0.958 bits per heavy atom. The largest absolute Gasteiger partial charge is 0.460 e. The molecular weight excluding hydrogens is 707 g/mol. The molecule has 0 aliphatic carbocycles. The predicted molar refractivity (Wildman–Crippen MR) is 136 cm³/mol. The van der Waals surface area contributed by atoms with E-state index in [4.69, 9.17) is 4.74 Å². The van der Waals surface area contributed by atoms with E-state index < -0.39 is 72.3 Å². The van der Waals surface area contributed by atoms with E-state index in [0.717, 1.165) is 0 Å². The fourth-order valence-electron chi connectivity index (χ4n) is 4.51. The maximum absolute atomic E-state index is 15.7. The number of halogens is 17. The topological polar surface area (TPSA) is 32.8 Å². The number of allylic oxidation sites excluding steroid dienone is 1. The lowest BCUT2D eigenvalue weighted by Crippen LogP contribution is -2.74. The molecule has 1 saturated heterocycles. The van der Waals surface area contributed by atoms with Crippen LogP contribution < -0.4 is 0 Å². The molecule has 0 atom stereocenters. The maximum Gasteiger partial charge on any atom is 0.460 e. The molecular formula is C27H35F17N2O2. The van der Waals surface area contributed by atoms with Gasteiger partial charge in [-0.15, -0.1) is 0 Å². The zero-order valence-corrected chi connectivity index (χ0v) is 25.6. The van der Waals surface area contributed by atoms with Crippen LogP contribution in [0, 0.1) is 0 Å². The van der Waals surface area contributed by atoms with Crippen molar-refractivity contribution in [2.75, 3.05) is 39.4 Å². The molecule has 21 heteroatoms. The van der Waals surface area contributed by atoms with Gasteiger partial charge in [-0.25, -0.2) is 0 Å². The number of carbonyl (C=O) groups excluding carboxylic acids is 1. The van der Waals surface area contributed by atoms with E-state index >= 15 is 17.6 Å². The first-order chi connectivity index (χ1) is 21.6. The molecule has 1 amide bonds. The van der Waals surface area contributed by atoms with Crippen molar-refractivity contribution in [2.24, 2.45) is 0 Å². The van der Waals surface area contributed by atoms with Crippen molar-refractivity contribution in [3.05, 3.63) is 11.8 Å². The van der Waals surface area contributed by atoms with Crippen LogP contribution in [0.5, 0.6) is 0 Å². The Morgan fingerprint density at radius 3 is 1.33 bits per heavy atom. The average Bonchev–Trinajstić information content (AvgIpc) is 2.98. The van der Waals surface area contributed by atoms with Gasteiger partial charge in [-0.3, -0.25) is 4.79 Å². The number of amides is 1. The van der Waals surface area contributed by atoms with E-state index in [9.17, 15) is 61.9 Å². The third kappa shape index (κ3) is 8.21. The second-order valence-electron chi connectivity index (χ2n) is 11.1. The van der Waals surface area contributed by atoms with E-state index in [1.54, 1.807) is 13.8 Å². The fraction of sp³-hybridized carbons (Fsp3) is 0.889. The molecule has 1 rings (SSSR count). The normalized spacial score (nSPS) is 16.8. The second-order valence-corrected chi connectivity index (χ2v) is 11.1. The molecule has 0 bridgehead atoms. The summed E-state index contributed by atoms with van der Waals surface area (Å²) >= 11 is 0. The Labute approximate surface area is 264 Å². The Morgan fingerprint density at radius 1 is 0.583 bits per heavy atom. The van der Waals surface area contributed by atoms with Gasteiger partial charge < -0.3 is 14.5 Å². The SMILES string of the molecule is CCCCCCN(CCCCCC)/C(=C/C(=O)N1CCOCC1)C(F)(F)C(F)(F)C(F)(F)C(F)(F)C(F)(F)C(F)(F)C(F)(F)C(F)(F)F. The number of alkyl halides is 17. The zero-order chi connectivity index (χ0) is 37.6.